The highest BCUT2D eigenvalue weighted by Gasteiger charge is 2.24. The molecule has 1 aliphatic carbocycles. The van der Waals surface area contributed by atoms with Gasteiger partial charge >= 0.3 is 0 Å². The lowest BCUT2D eigenvalue weighted by molar-refractivity contribution is -0.127. The van der Waals surface area contributed by atoms with Crippen LogP contribution in [0.3, 0.4) is 0 Å². The van der Waals surface area contributed by atoms with Crippen molar-refractivity contribution in [3.05, 3.63) is 24.5 Å². The Balaban J connectivity index is 1.49. The number of aliphatic imine (C=N–C) groups is 1. The fourth-order valence-electron chi connectivity index (χ4n) is 2.36. The smallest absolute Gasteiger partial charge is 0.223 e. The van der Waals surface area contributed by atoms with Gasteiger partial charge in [0.1, 0.15) is 0 Å². The molecule has 0 aromatic carbocycles. The first-order chi connectivity index (χ1) is 10.8. The highest BCUT2D eigenvalue weighted by molar-refractivity contribution is 5.80. The topological polar surface area (TPSA) is 70.4 Å². The summed E-state index contributed by atoms with van der Waals surface area (Å²) in [5.41, 5.74) is 0. The van der Waals surface area contributed by atoms with Crippen LogP contribution in [0.2, 0.25) is 0 Å². The summed E-state index contributed by atoms with van der Waals surface area (Å²) < 4.78 is 2.12. The van der Waals surface area contributed by atoms with E-state index in [-0.39, 0.29) is 11.8 Å². The van der Waals surface area contributed by atoms with E-state index in [9.17, 15) is 4.79 Å². The molecule has 0 spiro atoms. The molecule has 1 saturated carbocycles. The average molecular weight is 305 g/mol. The molecule has 1 aromatic heterocycles. The molecular formula is C16H27N5O. The maximum absolute atomic E-state index is 11.7. The Morgan fingerprint density at radius 2 is 1.82 bits per heavy atom. The summed E-state index contributed by atoms with van der Waals surface area (Å²) in [6.45, 7) is 3.26. The van der Waals surface area contributed by atoms with Crippen molar-refractivity contribution >= 4 is 11.9 Å². The predicted octanol–water partition coefficient (Wildman–Crippen LogP) is 0.960. The minimum atomic E-state index is 0.223. The van der Waals surface area contributed by atoms with Crippen molar-refractivity contribution in [2.45, 2.75) is 32.2 Å². The van der Waals surface area contributed by atoms with Crippen LogP contribution in [0.5, 0.6) is 0 Å². The number of guanidine groups is 1. The Labute approximate surface area is 132 Å². The third kappa shape index (κ3) is 5.42. The maximum atomic E-state index is 11.7. The van der Waals surface area contributed by atoms with Crippen molar-refractivity contribution in [2.75, 3.05) is 26.7 Å². The molecular weight excluding hydrogens is 278 g/mol. The number of aromatic nitrogens is 1. The molecule has 1 heterocycles. The molecule has 0 saturated heterocycles. The zero-order valence-electron chi connectivity index (χ0n) is 13.3. The summed E-state index contributed by atoms with van der Waals surface area (Å²) in [5.74, 6) is 1.30. The summed E-state index contributed by atoms with van der Waals surface area (Å²) in [7, 11) is 1.77. The van der Waals surface area contributed by atoms with Crippen LogP contribution in [-0.2, 0) is 11.3 Å². The van der Waals surface area contributed by atoms with Gasteiger partial charge in [-0.2, -0.15) is 0 Å². The minimum Gasteiger partial charge on any atom is -0.356 e. The first kappa shape index (κ1) is 16.4. The predicted molar refractivity (Wildman–Crippen MR) is 88.8 cm³/mol. The number of rotatable bonds is 8. The second kappa shape index (κ2) is 9.12. The van der Waals surface area contributed by atoms with E-state index in [1.165, 1.54) is 6.42 Å². The summed E-state index contributed by atoms with van der Waals surface area (Å²) in [4.78, 5) is 15.9. The Morgan fingerprint density at radius 3 is 2.45 bits per heavy atom. The molecule has 0 atom stereocenters. The van der Waals surface area contributed by atoms with Gasteiger partial charge in [0.15, 0.2) is 5.96 Å². The van der Waals surface area contributed by atoms with Crippen LogP contribution in [0.15, 0.2) is 29.5 Å². The number of hydrogen-bond acceptors (Lipinski definition) is 2. The van der Waals surface area contributed by atoms with Crippen LogP contribution in [0.1, 0.15) is 25.7 Å². The molecule has 1 amide bonds. The van der Waals surface area contributed by atoms with Crippen LogP contribution >= 0.6 is 0 Å². The van der Waals surface area contributed by atoms with Crippen molar-refractivity contribution in [3.8, 4) is 0 Å². The lowest BCUT2D eigenvalue weighted by Crippen LogP contribution is -2.40. The number of amides is 1. The van der Waals surface area contributed by atoms with Crippen molar-refractivity contribution in [2.24, 2.45) is 10.9 Å². The van der Waals surface area contributed by atoms with Crippen LogP contribution in [0.25, 0.3) is 0 Å². The van der Waals surface area contributed by atoms with Gasteiger partial charge in [-0.3, -0.25) is 9.79 Å². The van der Waals surface area contributed by atoms with E-state index in [4.69, 9.17) is 0 Å². The quantitative estimate of drug-likeness (QED) is 0.381. The third-order valence-corrected chi connectivity index (χ3v) is 3.97. The molecule has 1 aromatic rings. The van der Waals surface area contributed by atoms with Crippen molar-refractivity contribution < 1.29 is 4.79 Å². The largest absolute Gasteiger partial charge is 0.356 e. The van der Waals surface area contributed by atoms with E-state index < -0.39 is 0 Å². The molecule has 6 nitrogen and oxygen atoms in total. The van der Waals surface area contributed by atoms with E-state index in [2.05, 4.69) is 25.5 Å². The standard InChI is InChI=1S/C16H27N5O/c1-17-16(20-10-13-21-11-2-3-12-21)19-9-5-8-18-15(22)14-6-4-7-14/h2-3,11-12,14H,4-10,13H2,1H3,(H,18,22)(H2,17,19,20). The molecule has 3 N–H and O–H groups in total. The Morgan fingerprint density at radius 1 is 1.14 bits per heavy atom. The molecule has 22 heavy (non-hydrogen) atoms. The normalized spacial score (nSPS) is 15.2. The molecule has 0 bridgehead atoms. The molecule has 0 unspecified atom stereocenters. The fourth-order valence-corrected chi connectivity index (χ4v) is 2.36. The third-order valence-electron chi connectivity index (χ3n) is 3.97. The summed E-state index contributed by atoms with van der Waals surface area (Å²) in [6, 6.07) is 4.04. The summed E-state index contributed by atoms with van der Waals surface area (Å²) >= 11 is 0. The average Bonchev–Trinajstić information content (AvgIpc) is 2.96. The summed E-state index contributed by atoms with van der Waals surface area (Å²) in [6.07, 6.45) is 8.30. The van der Waals surface area contributed by atoms with Crippen LogP contribution in [0.4, 0.5) is 0 Å². The van der Waals surface area contributed by atoms with Gasteiger partial charge in [-0.15, -0.1) is 0 Å². The molecule has 1 fully saturated rings. The Bertz CT molecular complexity index is 465. The molecule has 1 aliphatic rings. The van der Waals surface area contributed by atoms with Crippen molar-refractivity contribution in [1.82, 2.24) is 20.5 Å². The zero-order valence-corrected chi connectivity index (χ0v) is 13.3. The lowest BCUT2D eigenvalue weighted by atomic mass is 9.85. The molecule has 2 rings (SSSR count). The van der Waals surface area contributed by atoms with Gasteiger partial charge in [-0.05, 0) is 31.4 Å². The minimum absolute atomic E-state index is 0.223. The van der Waals surface area contributed by atoms with Crippen LogP contribution in [0, 0.1) is 5.92 Å². The number of carbonyl (C=O) groups is 1. The maximum Gasteiger partial charge on any atom is 0.223 e. The molecule has 0 radical (unpaired) electrons. The monoisotopic (exact) mass is 305 g/mol. The van der Waals surface area contributed by atoms with Gasteiger partial charge < -0.3 is 20.5 Å². The number of nitrogens with zero attached hydrogens (tertiary/aromatic N) is 2. The van der Waals surface area contributed by atoms with Crippen molar-refractivity contribution in [3.63, 3.8) is 0 Å². The number of hydrogen-bond donors (Lipinski definition) is 3. The van der Waals surface area contributed by atoms with Gasteiger partial charge in [-0.25, -0.2) is 0 Å². The van der Waals surface area contributed by atoms with E-state index >= 15 is 0 Å². The number of nitrogens with one attached hydrogen (secondary N) is 3. The SMILES string of the molecule is CN=C(NCCCNC(=O)C1CCC1)NCCn1cccc1. The first-order valence-corrected chi connectivity index (χ1v) is 8.12. The molecule has 6 heteroatoms. The van der Waals surface area contributed by atoms with Crippen LogP contribution < -0.4 is 16.0 Å². The van der Waals surface area contributed by atoms with Crippen LogP contribution in [-0.4, -0.2) is 43.1 Å². The first-order valence-electron chi connectivity index (χ1n) is 8.12. The Hall–Kier alpha value is -1.98. The lowest BCUT2D eigenvalue weighted by Gasteiger charge is -2.24. The van der Waals surface area contributed by atoms with Crippen molar-refractivity contribution in [1.29, 1.82) is 0 Å². The molecule has 122 valence electrons. The Kier molecular flexibility index (Phi) is 6.80. The van der Waals surface area contributed by atoms with Gasteiger partial charge in [0, 0.05) is 51.5 Å². The van der Waals surface area contributed by atoms with Gasteiger partial charge in [0.25, 0.3) is 0 Å². The van der Waals surface area contributed by atoms with E-state index in [1.54, 1.807) is 7.05 Å². The van der Waals surface area contributed by atoms with E-state index in [1.807, 2.05) is 24.5 Å². The van der Waals surface area contributed by atoms with Gasteiger partial charge in [0.05, 0.1) is 0 Å². The van der Waals surface area contributed by atoms with E-state index in [0.29, 0.717) is 0 Å². The van der Waals surface area contributed by atoms with Gasteiger partial charge in [-0.1, -0.05) is 6.42 Å². The fraction of sp³-hybridized carbons (Fsp3) is 0.625. The highest BCUT2D eigenvalue weighted by atomic mass is 16.1. The number of carbonyl (C=O) groups excluding carboxylic acids is 1. The van der Waals surface area contributed by atoms with E-state index in [0.717, 1.165) is 51.4 Å². The highest BCUT2D eigenvalue weighted by Crippen LogP contribution is 2.25. The summed E-state index contributed by atoms with van der Waals surface area (Å²) in [5, 5.41) is 9.53. The second-order valence-corrected chi connectivity index (χ2v) is 5.62. The second-order valence-electron chi connectivity index (χ2n) is 5.62. The van der Waals surface area contributed by atoms with Gasteiger partial charge in [0.2, 0.25) is 5.91 Å². The molecule has 0 aliphatic heterocycles. The zero-order chi connectivity index (χ0) is 15.6.